The zero-order valence-corrected chi connectivity index (χ0v) is 26.1. The molecule has 2 aromatic heterocycles. The number of aromatic nitrogens is 3. The SMILES string of the molecule is CCn1c(SCC(=O)Nc2scc(-c3ccc(C)cc3)c2C(=O)OC)nnc1C(C)Oc1ccc(C(C)(C)C)cc1. The molecule has 1 N–H and O–H groups in total. The Morgan fingerprint density at radius 2 is 1.76 bits per heavy atom. The number of amides is 1. The van der Waals surface area contributed by atoms with Crippen LogP contribution in [-0.2, 0) is 21.5 Å². The zero-order chi connectivity index (χ0) is 29.7. The van der Waals surface area contributed by atoms with E-state index >= 15 is 0 Å². The maximum atomic E-state index is 13.0. The van der Waals surface area contributed by atoms with Gasteiger partial charge in [0.05, 0.1) is 12.9 Å². The summed E-state index contributed by atoms with van der Waals surface area (Å²) in [6.07, 6.45) is -0.333. The summed E-state index contributed by atoms with van der Waals surface area (Å²) in [5.74, 6) is 0.784. The summed E-state index contributed by atoms with van der Waals surface area (Å²) in [5, 5.41) is 14.5. The standard InChI is InChI=1S/C31H36N4O4S2/c1-8-35-27(20(3)39-23-15-13-22(14-16-23)31(4,5)6)33-34-30(35)41-18-25(36)32-28-26(29(37)38-7)24(17-40-28)21-11-9-19(2)10-12-21/h9-17,20H,8,18H2,1-7H3,(H,32,36). The highest BCUT2D eigenvalue weighted by Gasteiger charge is 2.24. The summed E-state index contributed by atoms with van der Waals surface area (Å²) in [6, 6.07) is 16.0. The molecule has 0 saturated carbocycles. The van der Waals surface area contributed by atoms with Crippen LogP contribution >= 0.6 is 23.1 Å². The Kier molecular flexibility index (Phi) is 9.55. The molecule has 1 amide bonds. The molecule has 2 aromatic carbocycles. The highest BCUT2D eigenvalue weighted by atomic mass is 32.2. The number of esters is 1. The number of thiophene rings is 1. The van der Waals surface area contributed by atoms with Gasteiger partial charge >= 0.3 is 5.97 Å². The zero-order valence-electron chi connectivity index (χ0n) is 24.5. The van der Waals surface area contributed by atoms with Crippen molar-refractivity contribution in [2.75, 3.05) is 18.2 Å². The van der Waals surface area contributed by atoms with Crippen LogP contribution in [0.15, 0.2) is 59.1 Å². The first-order valence-corrected chi connectivity index (χ1v) is 15.3. The monoisotopic (exact) mass is 592 g/mol. The van der Waals surface area contributed by atoms with E-state index in [-0.39, 0.29) is 23.2 Å². The minimum absolute atomic E-state index is 0.0682. The lowest BCUT2D eigenvalue weighted by Crippen LogP contribution is -2.17. The lowest BCUT2D eigenvalue weighted by molar-refractivity contribution is -0.113. The summed E-state index contributed by atoms with van der Waals surface area (Å²) >= 11 is 2.58. The van der Waals surface area contributed by atoms with E-state index in [9.17, 15) is 9.59 Å². The summed E-state index contributed by atoms with van der Waals surface area (Å²) < 4.78 is 13.1. The van der Waals surface area contributed by atoms with Gasteiger partial charge in [-0.15, -0.1) is 21.5 Å². The number of hydrogen-bond donors (Lipinski definition) is 1. The molecule has 0 saturated heterocycles. The number of carbonyl (C=O) groups excluding carboxylic acids is 2. The molecular formula is C31H36N4O4S2. The molecule has 0 fully saturated rings. The first kappa shape index (κ1) is 30.3. The number of ether oxygens (including phenoxy) is 2. The van der Waals surface area contributed by atoms with Crippen LogP contribution in [0.25, 0.3) is 11.1 Å². The molecule has 41 heavy (non-hydrogen) atoms. The highest BCUT2D eigenvalue weighted by Crippen LogP contribution is 2.36. The molecule has 216 valence electrons. The Balaban J connectivity index is 1.43. The number of hydrogen-bond acceptors (Lipinski definition) is 8. The van der Waals surface area contributed by atoms with E-state index in [0.29, 0.717) is 28.1 Å². The smallest absolute Gasteiger partial charge is 0.341 e. The van der Waals surface area contributed by atoms with Gasteiger partial charge in [0.2, 0.25) is 5.91 Å². The lowest BCUT2D eigenvalue weighted by Gasteiger charge is -2.20. The van der Waals surface area contributed by atoms with Gasteiger partial charge in [-0.1, -0.05) is 74.5 Å². The quantitative estimate of drug-likeness (QED) is 0.153. The number of anilines is 1. The molecule has 0 aliphatic carbocycles. The first-order chi connectivity index (χ1) is 19.5. The Bertz CT molecular complexity index is 1500. The predicted molar refractivity (Wildman–Crippen MR) is 165 cm³/mol. The Morgan fingerprint density at radius 3 is 2.37 bits per heavy atom. The predicted octanol–water partition coefficient (Wildman–Crippen LogP) is 7.29. The third kappa shape index (κ3) is 7.18. The van der Waals surface area contributed by atoms with Gasteiger partial charge in [0.25, 0.3) is 0 Å². The minimum atomic E-state index is -0.498. The second-order valence-corrected chi connectivity index (χ2v) is 12.5. The third-order valence-corrected chi connectivity index (χ3v) is 8.45. The molecule has 2 heterocycles. The molecule has 1 atom stereocenters. The average Bonchev–Trinajstić information content (AvgIpc) is 3.55. The number of carbonyl (C=O) groups is 2. The maximum absolute atomic E-state index is 13.0. The molecule has 0 bridgehead atoms. The summed E-state index contributed by atoms with van der Waals surface area (Å²) in [7, 11) is 1.33. The van der Waals surface area contributed by atoms with Crippen LogP contribution in [0.2, 0.25) is 0 Å². The normalized spacial score (nSPS) is 12.2. The second-order valence-electron chi connectivity index (χ2n) is 10.7. The van der Waals surface area contributed by atoms with Gasteiger partial charge in [-0.05, 0) is 49.4 Å². The van der Waals surface area contributed by atoms with Crippen molar-refractivity contribution in [3.63, 3.8) is 0 Å². The topological polar surface area (TPSA) is 95.3 Å². The number of methoxy groups -OCH3 is 1. The first-order valence-electron chi connectivity index (χ1n) is 13.4. The van der Waals surface area contributed by atoms with Gasteiger partial charge in [0.15, 0.2) is 17.1 Å². The minimum Gasteiger partial charge on any atom is -0.483 e. The third-order valence-electron chi connectivity index (χ3n) is 6.59. The van der Waals surface area contributed by atoms with Gasteiger partial charge in [-0.3, -0.25) is 4.79 Å². The van der Waals surface area contributed by atoms with Crippen LogP contribution in [0.1, 0.15) is 68.0 Å². The summed E-state index contributed by atoms with van der Waals surface area (Å²) in [4.78, 5) is 25.6. The van der Waals surface area contributed by atoms with Gasteiger partial charge in [-0.25, -0.2) is 4.79 Å². The fraction of sp³-hybridized carbons (Fsp3) is 0.355. The average molecular weight is 593 g/mol. The van der Waals surface area contributed by atoms with Crippen molar-refractivity contribution in [1.29, 1.82) is 0 Å². The molecule has 1 unspecified atom stereocenters. The van der Waals surface area contributed by atoms with Crippen molar-refractivity contribution in [2.45, 2.75) is 64.8 Å². The Labute approximate surface area is 249 Å². The maximum Gasteiger partial charge on any atom is 0.341 e. The van der Waals surface area contributed by atoms with Crippen LogP contribution in [0.5, 0.6) is 5.75 Å². The number of nitrogens with one attached hydrogen (secondary N) is 1. The van der Waals surface area contributed by atoms with E-state index < -0.39 is 5.97 Å². The number of benzene rings is 2. The van der Waals surface area contributed by atoms with E-state index in [4.69, 9.17) is 9.47 Å². The van der Waals surface area contributed by atoms with E-state index in [1.807, 2.05) is 67.1 Å². The fourth-order valence-corrected chi connectivity index (χ4v) is 6.07. The molecule has 0 aliphatic heterocycles. The van der Waals surface area contributed by atoms with Crippen molar-refractivity contribution in [3.8, 4) is 16.9 Å². The number of thioether (sulfide) groups is 1. The van der Waals surface area contributed by atoms with Crippen molar-refractivity contribution in [2.24, 2.45) is 0 Å². The number of aryl methyl sites for hydroxylation is 1. The van der Waals surface area contributed by atoms with Gasteiger partial charge < -0.3 is 19.4 Å². The molecule has 8 nitrogen and oxygen atoms in total. The van der Waals surface area contributed by atoms with Gasteiger partial charge in [0, 0.05) is 17.5 Å². The molecule has 10 heteroatoms. The van der Waals surface area contributed by atoms with E-state index in [1.54, 1.807) is 0 Å². The molecule has 0 radical (unpaired) electrons. The van der Waals surface area contributed by atoms with Crippen LogP contribution in [0, 0.1) is 6.92 Å². The van der Waals surface area contributed by atoms with Gasteiger partial charge in [0.1, 0.15) is 16.3 Å². The molecule has 4 rings (SSSR count). The largest absolute Gasteiger partial charge is 0.483 e. The van der Waals surface area contributed by atoms with Crippen LogP contribution in [0.3, 0.4) is 0 Å². The van der Waals surface area contributed by atoms with E-state index in [0.717, 1.165) is 22.4 Å². The van der Waals surface area contributed by atoms with E-state index in [1.165, 1.54) is 35.8 Å². The highest BCUT2D eigenvalue weighted by molar-refractivity contribution is 7.99. The van der Waals surface area contributed by atoms with Crippen molar-refractivity contribution in [3.05, 3.63) is 76.4 Å². The van der Waals surface area contributed by atoms with Gasteiger partial charge in [-0.2, -0.15) is 0 Å². The summed E-state index contributed by atoms with van der Waals surface area (Å²) in [5.41, 5.74) is 4.37. The molecule has 0 spiro atoms. The van der Waals surface area contributed by atoms with Crippen LogP contribution in [-0.4, -0.2) is 39.5 Å². The summed E-state index contributed by atoms with van der Waals surface area (Å²) in [6.45, 7) is 13.1. The second kappa shape index (κ2) is 12.9. The number of rotatable bonds is 10. The van der Waals surface area contributed by atoms with E-state index in [2.05, 4.69) is 48.4 Å². The molecule has 4 aromatic rings. The Hall–Kier alpha value is -3.63. The van der Waals surface area contributed by atoms with Crippen LogP contribution in [0.4, 0.5) is 5.00 Å². The van der Waals surface area contributed by atoms with Crippen molar-refractivity contribution < 1.29 is 19.1 Å². The molecule has 0 aliphatic rings. The Morgan fingerprint density at radius 1 is 1.07 bits per heavy atom. The van der Waals surface area contributed by atoms with Crippen LogP contribution < -0.4 is 10.1 Å². The lowest BCUT2D eigenvalue weighted by atomic mass is 9.87. The number of nitrogens with zero attached hydrogens (tertiary/aromatic N) is 3. The van der Waals surface area contributed by atoms with Crippen molar-refractivity contribution in [1.82, 2.24) is 14.8 Å². The fourth-order valence-electron chi connectivity index (χ4n) is 4.29. The van der Waals surface area contributed by atoms with Crippen molar-refractivity contribution >= 4 is 40.0 Å². The molecular weight excluding hydrogens is 556 g/mol.